The van der Waals surface area contributed by atoms with Gasteiger partial charge in [-0.15, -0.1) is 0 Å². The lowest BCUT2D eigenvalue weighted by molar-refractivity contribution is -0.158. The van der Waals surface area contributed by atoms with E-state index in [0.29, 0.717) is 11.6 Å². The minimum absolute atomic E-state index is 0.0711. The molecule has 0 radical (unpaired) electrons. The molecule has 30 heavy (non-hydrogen) atoms. The summed E-state index contributed by atoms with van der Waals surface area (Å²) in [5.74, 6) is -4.84. The lowest BCUT2D eigenvalue weighted by atomic mass is 9.80. The van der Waals surface area contributed by atoms with Gasteiger partial charge in [-0.3, -0.25) is 19.4 Å². The summed E-state index contributed by atoms with van der Waals surface area (Å²) in [5, 5.41) is 2.77. The Labute approximate surface area is 177 Å². The van der Waals surface area contributed by atoms with Crippen molar-refractivity contribution in [3.8, 4) is 0 Å². The van der Waals surface area contributed by atoms with E-state index in [0.717, 1.165) is 20.0 Å². The molecule has 9 nitrogen and oxygen atoms in total. The highest BCUT2D eigenvalue weighted by molar-refractivity contribution is 6.10. The van der Waals surface area contributed by atoms with Crippen molar-refractivity contribution >= 4 is 29.5 Å². The number of aliphatic imine (C=N–C) groups is 1. The van der Waals surface area contributed by atoms with Crippen molar-refractivity contribution in [1.29, 1.82) is 0 Å². The average Bonchev–Trinajstić information content (AvgIpc) is 2.68. The summed E-state index contributed by atoms with van der Waals surface area (Å²) in [5.41, 5.74) is 0.461. The lowest BCUT2D eigenvalue weighted by Crippen LogP contribution is -2.43. The largest absolute Gasteiger partial charge is 0.468 e. The van der Waals surface area contributed by atoms with Gasteiger partial charge in [-0.1, -0.05) is 13.8 Å². The van der Waals surface area contributed by atoms with Crippen LogP contribution in [0.3, 0.4) is 0 Å². The molecule has 0 aromatic heterocycles. The molecule has 0 aromatic carbocycles. The summed E-state index contributed by atoms with van der Waals surface area (Å²) >= 11 is 0. The van der Waals surface area contributed by atoms with Gasteiger partial charge in [-0.2, -0.15) is 0 Å². The Hall–Kier alpha value is -2.71. The van der Waals surface area contributed by atoms with Crippen LogP contribution in [-0.4, -0.2) is 56.4 Å². The van der Waals surface area contributed by atoms with Crippen LogP contribution >= 0.6 is 0 Å². The number of hydrogen-bond acceptors (Lipinski definition) is 8. The van der Waals surface area contributed by atoms with E-state index in [1.165, 1.54) is 14.0 Å². The van der Waals surface area contributed by atoms with Gasteiger partial charge in [0.1, 0.15) is 11.8 Å². The van der Waals surface area contributed by atoms with Gasteiger partial charge < -0.3 is 19.5 Å². The molecule has 1 rings (SSSR count). The molecule has 1 heterocycles. The van der Waals surface area contributed by atoms with E-state index in [-0.39, 0.29) is 17.3 Å². The fourth-order valence-corrected chi connectivity index (χ4v) is 3.30. The topological polar surface area (TPSA) is 120 Å². The van der Waals surface area contributed by atoms with Crippen LogP contribution in [-0.2, 0) is 33.4 Å². The van der Waals surface area contributed by atoms with Crippen LogP contribution in [0.1, 0.15) is 47.5 Å². The summed E-state index contributed by atoms with van der Waals surface area (Å²) in [4.78, 5) is 53.8. The molecule has 1 N–H and O–H groups in total. The zero-order valence-electron chi connectivity index (χ0n) is 18.7. The monoisotopic (exact) mass is 424 g/mol. The molecule has 0 aliphatic carbocycles. The van der Waals surface area contributed by atoms with Crippen LogP contribution in [0, 0.1) is 17.8 Å². The number of methoxy groups -OCH3 is 2. The Balaban J connectivity index is 2.96. The second-order valence-electron chi connectivity index (χ2n) is 7.77. The highest BCUT2D eigenvalue weighted by Crippen LogP contribution is 2.33. The van der Waals surface area contributed by atoms with Crippen LogP contribution in [0.5, 0.6) is 0 Å². The minimum Gasteiger partial charge on any atom is -0.468 e. The molecule has 0 spiro atoms. The van der Waals surface area contributed by atoms with E-state index in [4.69, 9.17) is 14.2 Å². The van der Waals surface area contributed by atoms with E-state index in [1.807, 2.05) is 6.92 Å². The predicted octanol–water partition coefficient (Wildman–Crippen LogP) is 1.80. The van der Waals surface area contributed by atoms with Gasteiger partial charge in [-0.05, 0) is 39.5 Å². The molecule has 0 fully saturated rings. The highest BCUT2D eigenvalue weighted by Gasteiger charge is 2.46. The fourth-order valence-electron chi connectivity index (χ4n) is 3.30. The maximum atomic E-state index is 12.8. The Kier molecular flexibility index (Phi) is 9.68. The first-order valence-corrected chi connectivity index (χ1v) is 9.91. The van der Waals surface area contributed by atoms with Crippen LogP contribution in [0.15, 0.2) is 16.3 Å². The summed E-state index contributed by atoms with van der Waals surface area (Å²) < 4.78 is 14.7. The third-order valence-corrected chi connectivity index (χ3v) is 4.87. The normalized spacial score (nSPS) is 19.7. The third kappa shape index (κ3) is 6.67. The second-order valence-corrected chi connectivity index (χ2v) is 7.77. The quantitative estimate of drug-likeness (QED) is 0.442. The van der Waals surface area contributed by atoms with Crippen LogP contribution in [0.25, 0.3) is 0 Å². The van der Waals surface area contributed by atoms with Crippen molar-refractivity contribution in [2.24, 2.45) is 22.7 Å². The Morgan fingerprint density at radius 3 is 2.13 bits per heavy atom. The van der Waals surface area contributed by atoms with Gasteiger partial charge in [-0.25, -0.2) is 4.79 Å². The van der Waals surface area contributed by atoms with Crippen LogP contribution in [0.4, 0.5) is 0 Å². The molecule has 9 heteroatoms. The lowest BCUT2D eigenvalue weighted by Gasteiger charge is -2.29. The number of nitrogens with one attached hydrogen (secondary N) is 1. The van der Waals surface area contributed by atoms with Crippen molar-refractivity contribution in [2.45, 2.75) is 53.5 Å². The Morgan fingerprint density at radius 1 is 0.967 bits per heavy atom. The number of amides is 1. The van der Waals surface area contributed by atoms with E-state index in [1.54, 1.807) is 6.92 Å². The number of allylic oxidation sites excluding steroid dienone is 1. The summed E-state index contributed by atoms with van der Waals surface area (Å²) in [7, 11) is 2.34. The van der Waals surface area contributed by atoms with Gasteiger partial charge in [0, 0.05) is 17.5 Å². The van der Waals surface area contributed by atoms with Gasteiger partial charge in [0.25, 0.3) is 5.91 Å². The Bertz CT molecular complexity index is 740. The number of esters is 3. The standard InChI is InChI=1S/C21H32N2O7/c1-11(2)8-9-12(3)22-15(24)10-30-21(27)18-16(19(25)28-6)13(4)23-14(5)17(18)20(26)29-7/h11-12,16,18H,8-10H2,1-7H3,(H,22,24)/t12-,16?,18-/m0/s1. The molecule has 168 valence electrons. The van der Waals surface area contributed by atoms with Crippen molar-refractivity contribution < 1.29 is 33.4 Å². The zero-order valence-corrected chi connectivity index (χ0v) is 18.7. The maximum Gasteiger partial charge on any atom is 0.336 e. The number of carbonyl (C=O) groups excluding carboxylic acids is 4. The van der Waals surface area contributed by atoms with Crippen molar-refractivity contribution in [3.05, 3.63) is 11.3 Å². The first-order chi connectivity index (χ1) is 14.0. The van der Waals surface area contributed by atoms with E-state index < -0.39 is 42.3 Å². The molecule has 3 atom stereocenters. The summed E-state index contributed by atoms with van der Waals surface area (Å²) in [6, 6.07) is -0.0711. The molecule has 0 saturated carbocycles. The Morgan fingerprint density at radius 2 is 1.60 bits per heavy atom. The van der Waals surface area contributed by atoms with Gasteiger partial charge in [0.2, 0.25) is 0 Å². The molecule has 1 aliphatic rings. The molecular weight excluding hydrogens is 392 g/mol. The van der Waals surface area contributed by atoms with Gasteiger partial charge in [0.05, 0.1) is 19.8 Å². The molecule has 0 saturated heterocycles. The number of rotatable bonds is 9. The third-order valence-electron chi connectivity index (χ3n) is 4.87. The molecule has 1 unspecified atom stereocenters. The molecule has 1 aliphatic heterocycles. The number of hydrogen-bond donors (Lipinski definition) is 1. The summed E-state index contributed by atoms with van der Waals surface area (Å²) in [6.45, 7) is 8.63. The minimum atomic E-state index is -1.31. The van der Waals surface area contributed by atoms with E-state index >= 15 is 0 Å². The fraction of sp³-hybridized carbons (Fsp3) is 0.667. The first kappa shape index (κ1) is 25.3. The van der Waals surface area contributed by atoms with E-state index in [2.05, 4.69) is 24.2 Å². The van der Waals surface area contributed by atoms with Crippen LogP contribution in [0.2, 0.25) is 0 Å². The van der Waals surface area contributed by atoms with Gasteiger partial charge in [0.15, 0.2) is 6.61 Å². The first-order valence-electron chi connectivity index (χ1n) is 9.91. The van der Waals surface area contributed by atoms with E-state index in [9.17, 15) is 19.2 Å². The molecular formula is C21H32N2O7. The molecule has 0 aromatic rings. The smallest absolute Gasteiger partial charge is 0.336 e. The zero-order chi connectivity index (χ0) is 23.0. The highest BCUT2D eigenvalue weighted by atomic mass is 16.5. The predicted molar refractivity (Wildman–Crippen MR) is 109 cm³/mol. The SMILES string of the molecule is COC(=O)C1=C(C)N=C(C)C(C(=O)OC)[C@@H]1C(=O)OCC(=O)N[C@@H](C)CCC(C)C. The molecule has 1 amide bonds. The van der Waals surface area contributed by atoms with Gasteiger partial charge >= 0.3 is 17.9 Å². The number of ether oxygens (including phenoxy) is 3. The van der Waals surface area contributed by atoms with Crippen LogP contribution < -0.4 is 5.32 Å². The van der Waals surface area contributed by atoms with Crippen molar-refractivity contribution in [1.82, 2.24) is 5.32 Å². The average molecular weight is 424 g/mol. The number of nitrogens with zero attached hydrogens (tertiary/aromatic N) is 1. The molecule has 0 bridgehead atoms. The van der Waals surface area contributed by atoms with Crippen molar-refractivity contribution in [3.63, 3.8) is 0 Å². The van der Waals surface area contributed by atoms with Crippen molar-refractivity contribution in [2.75, 3.05) is 20.8 Å². The number of carbonyl (C=O) groups is 4. The summed E-state index contributed by atoms with van der Waals surface area (Å²) in [6.07, 6.45) is 1.75. The second kappa shape index (κ2) is 11.5. The maximum absolute atomic E-state index is 12.8.